The minimum absolute atomic E-state index is 0.133. The van der Waals surface area contributed by atoms with E-state index in [9.17, 15) is 18.3 Å². The van der Waals surface area contributed by atoms with Crippen LogP contribution in [0.4, 0.5) is 5.69 Å². The van der Waals surface area contributed by atoms with Crippen molar-refractivity contribution in [2.75, 3.05) is 17.9 Å². The molecule has 2 aromatic rings. The third-order valence-electron chi connectivity index (χ3n) is 4.16. The summed E-state index contributed by atoms with van der Waals surface area (Å²) in [6, 6.07) is 12.9. The first-order valence-electron chi connectivity index (χ1n) is 9.77. The Morgan fingerprint density at radius 1 is 1.07 bits per heavy atom. The monoisotopic (exact) mass is 434 g/mol. The molecular formula is C22H30N2O5S. The highest BCUT2D eigenvalue weighted by molar-refractivity contribution is 7.92. The van der Waals surface area contributed by atoms with Crippen molar-refractivity contribution in [2.45, 2.75) is 44.6 Å². The highest BCUT2D eigenvalue weighted by Gasteiger charge is 2.19. The van der Waals surface area contributed by atoms with E-state index in [1.807, 2.05) is 13.8 Å². The minimum Gasteiger partial charge on any atom is -0.493 e. The van der Waals surface area contributed by atoms with Gasteiger partial charge in [0.1, 0.15) is 5.75 Å². The molecule has 0 radical (unpaired) electrons. The fourth-order valence-electron chi connectivity index (χ4n) is 2.53. The molecule has 0 unspecified atom stereocenters. The standard InChI is InChI=1S/C22H30N2O5S/c1-16(2)14-29-19-9-11-20(12-10-19)30(27,28)24-18-7-5-17(6-8-18)13-21(26)23-22(3,4)15-25/h5-12,16,24-25H,13-15H2,1-4H3,(H,23,26). The van der Waals surface area contributed by atoms with Gasteiger partial charge in [-0.05, 0) is 61.7 Å². The third kappa shape index (κ3) is 7.35. The van der Waals surface area contributed by atoms with Crippen molar-refractivity contribution < 1.29 is 23.1 Å². The highest BCUT2D eigenvalue weighted by Crippen LogP contribution is 2.20. The lowest BCUT2D eigenvalue weighted by atomic mass is 10.1. The van der Waals surface area contributed by atoms with Gasteiger partial charge >= 0.3 is 0 Å². The number of carbonyl (C=O) groups excluding carboxylic acids is 1. The van der Waals surface area contributed by atoms with Crippen LogP contribution in [0.25, 0.3) is 0 Å². The maximum absolute atomic E-state index is 12.6. The Morgan fingerprint density at radius 3 is 2.20 bits per heavy atom. The second kappa shape index (κ2) is 9.95. The van der Waals surface area contributed by atoms with Gasteiger partial charge in [0.25, 0.3) is 10.0 Å². The molecule has 0 aliphatic rings. The molecule has 0 fully saturated rings. The van der Waals surface area contributed by atoms with Crippen molar-refractivity contribution in [2.24, 2.45) is 5.92 Å². The fourth-order valence-corrected chi connectivity index (χ4v) is 3.59. The molecule has 2 aromatic carbocycles. The first kappa shape index (κ1) is 23.7. The number of hydrogen-bond donors (Lipinski definition) is 3. The molecule has 3 N–H and O–H groups in total. The predicted octanol–water partition coefficient (Wildman–Crippen LogP) is 2.95. The van der Waals surface area contributed by atoms with Gasteiger partial charge in [0.2, 0.25) is 5.91 Å². The molecule has 1 amide bonds. The van der Waals surface area contributed by atoms with Gasteiger partial charge in [-0.1, -0.05) is 26.0 Å². The normalized spacial score (nSPS) is 11.9. The zero-order valence-electron chi connectivity index (χ0n) is 17.8. The summed E-state index contributed by atoms with van der Waals surface area (Å²) in [4.78, 5) is 12.2. The number of aliphatic hydroxyl groups excluding tert-OH is 1. The molecular weight excluding hydrogens is 404 g/mol. The second-order valence-corrected chi connectivity index (χ2v) is 9.93. The van der Waals surface area contributed by atoms with Gasteiger partial charge in [-0.2, -0.15) is 0 Å². The van der Waals surface area contributed by atoms with Crippen LogP contribution in [0, 0.1) is 5.92 Å². The number of aliphatic hydroxyl groups is 1. The molecule has 0 aromatic heterocycles. The zero-order chi connectivity index (χ0) is 22.4. The molecule has 0 saturated heterocycles. The topological polar surface area (TPSA) is 105 Å². The van der Waals surface area contributed by atoms with Crippen molar-refractivity contribution in [3.63, 3.8) is 0 Å². The van der Waals surface area contributed by atoms with Crippen LogP contribution in [0.1, 0.15) is 33.3 Å². The van der Waals surface area contributed by atoms with Gasteiger partial charge < -0.3 is 15.2 Å². The molecule has 0 spiro atoms. The summed E-state index contributed by atoms with van der Waals surface area (Å²) < 4.78 is 33.3. The van der Waals surface area contributed by atoms with Crippen LogP contribution in [0.5, 0.6) is 5.75 Å². The van der Waals surface area contributed by atoms with E-state index in [1.165, 1.54) is 12.1 Å². The second-order valence-electron chi connectivity index (χ2n) is 8.25. The minimum atomic E-state index is -3.74. The van der Waals surface area contributed by atoms with E-state index in [0.29, 0.717) is 24.0 Å². The van der Waals surface area contributed by atoms with Gasteiger partial charge in [0, 0.05) is 5.69 Å². The van der Waals surface area contributed by atoms with E-state index < -0.39 is 15.6 Å². The lowest BCUT2D eigenvalue weighted by Crippen LogP contribution is -2.46. The van der Waals surface area contributed by atoms with Crippen LogP contribution in [-0.2, 0) is 21.2 Å². The van der Waals surface area contributed by atoms with Crippen LogP contribution in [0.3, 0.4) is 0 Å². The van der Waals surface area contributed by atoms with Crippen LogP contribution in [-0.4, -0.2) is 38.2 Å². The molecule has 0 aliphatic carbocycles. The number of nitrogens with one attached hydrogen (secondary N) is 2. The molecule has 0 atom stereocenters. The fraction of sp³-hybridized carbons (Fsp3) is 0.409. The molecule has 0 aliphatic heterocycles. The predicted molar refractivity (Wildman–Crippen MR) is 117 cm³/mol. The van der Waals surface area contributed by atoms with Crippen LogP contribution in [0.15, 0.2) is 53.4 Å². The van der Waals surface area contributed by atoms with Crippen molar-refractivity contribution in [3.05, 3.63) is 54.1 Å². The highest BCUT2D eigenvalue weighted by atomic mass is 32.2. The number of rotatable bonds is 10. The molecule has 164 valence electrons. The Labute approximate surface area is 178 Å². The smallest absolute Gasteiger partial charge is 0.261 e. The summed E-state index contributed by atoms with van der Waals surface area (Å²) in [6.45, 7) is 7.93. The maximum Gasteiger partial charge on any atom is 0.261 e. The number of ether oxygens (including phenoxy) is 1. The average molecular weight is 435 g/mol. The lowest BCUT2D eigenvalue weighted by Gasteiger charge is -2.23. The molecule has 7 nitrogen and oxygen atoms in total. The molecule has 2 rings (SSSR count). The van der Waals surface area contributed by atoms with Crippen molar-refractivity contribution in [1.82, 2.24) is 5.32 Å². The summed E-state index contributed by atoms with van der Waals surface area (Å²) in [7, 11) is -3.74. The Morgan fingerprint density at radius 2 is 1.67 bits per heavy atom. The van der Waals surface area contributed by atoms with Crippen molar-refractivity contribution >= 4 is 21.6 Å². The summed E-state index contributed by atoms with van der Waals surface area (Å²) in [5.74, 6) is 0.780. The van der Waals surface area contributed by atoms with Crippen molar-refractivity contribution in [1.29, 1.82) is 0 Å². The number of benzene rings is 2. The SMILES string of the molecule is CC(C)COc1ccc(S(=O)(=O)Nc2ccc(CC(=O)NC(C)(C)CO)cc2)cc1. The van der Waals surface area contributed by atoms with E-state index in [1.54, 1.807) is 50.2 Å². The van der Waals surface area contributed by atoms with E-state index >= 15 is 0 Å². The molecule has 0 heterocycles. The van der Waals surface area contributed by atoms with Crippen LogP contribution >= 0.6 is 0 Å². The van der Waals surface area contributed by atoms with Gasteiger partial charge in [-0.3, -0.25) is 9.52 Å². The number of hydrogen-bond acceptors (Lipinski definition) is 5. The molecule has 30 heavy (non-hydrogen) atoms. The Bertz CT molecular complexity index is 936. The Balaban J connectivity index is 1.99. The van der Waals surface area contributed by atoms with Gasteiger partial charge in [0.05, 0.1) is 30.1 Å². The Hall–Kier alpha value is -2.58. The first-order chi connectivity index (χ1) is 14.0. The van der Waals surface area contributed by atoms with Gasteiger partial charge in [-0.15, -0.1) is 0 Å². The number of amides is 1. The largest absolute Gasteiger partial charge is 0.493 e. The number of carbonyl (C=O) groups is 1. The summed E-state index contributed by atoms with van der Waals surface area (Å²) >= 11 is 0. The number of sulfonamides is 1. The maximum atomic E-state index is 12.6. The first-order valence-corrected chi connectivity index (χ1v) is 11.3. The summed E-state index contributed by atoms with van der Waals surface area (Å²) in [5.41, 5.74) is 0.438. The molecule has 0 bridgehead atoms. The van der Waals surface area contributed by atoms with Gasteiger partial charge in [0.15, 0.2) is 0 Å². The van der Waals surface area contributed by atoms with E-state index in [-0.39, 0.29) is 23.8 Å². The van der Waals surface area contributed by atoms with Crippen LogP contribution < -0.4 is 14.8 Å². The Kier molecular flexibility index (Phi) is 7.86. The summed E-state index contributed by atoms with van der Waals surface area (Å²) in [5, 5.41) is 12.0. The van der Waals surface area contributed by atoms with Gasteiger partial charge in [-0.25, -0.2) is 8.42 Å². The van der Waals surface area contributed by atoms with E-state index in [0.717, 1.165) is 5.56 Å². The average Bonchev–Trinajstić information content (AvgIpc) is 2.67. The molecule has 0 saturated carbocycles. The number of anilines is 1. The lowest BCUT2D eigenvalue weighted by molar-refractivity contribution is -0.122. The van der Waals surface area contributed by atoms with Crippen molar-refractivity contribution in [3.8, 4) is 5.75 Å². The molecule has 8 heteroatoms. The quantitative estimate of drug-likeness (QED) is 0.533. The summed E-state index contributed by atoms with van der Waals surface area (Å²) in [6.07, 6.45) is 0.133. The van der Waals surface area contributed by atoms with E-state index in [4.69, 9.17) is 4.74 Å². The van der Waals surface area contributed by atoms with Crippen LogP contribution in [0.2, 0.25) is 0 Å². The van der Waals surface area contributed by atoms with E-state index in [2.05, 4.69) is 10.0 Å². The zero-order valence-corrected chi connectivity index (χ0v) is 18.6. The third-order valence-corrected chi connectivity index (χ3v) is 5.56.